The molecule has 35 heavy (non-hydrogen) atoms. The molecule has 1 saturated heterocycles. The predicted molar refractivity (Wildman–Crippen MR) is 126 cm³/mol. The molecule has 0 aliphatic carbocycles. The van der Waals surface area contributed by atoms with Crippen LogP contribution in [0.15, 0.2) is 0 Å². The van der Waals surface area contributed by atoms with Gasteiger partial charge >= 0.3 is 12.1 Å². The van der Waals surface area contributed by atoms with Crippen molar-refractivity contribution in [2.75, 3.05) is 52.7 Å². The van der Waals surface area contributed by atoms with Gasteiger partial charge in [0, 0.05) is 25.6 Å². The lowest BCUT2D eigenvalue weighted by Crippen LogP contribution is -2.50. The summed E-state index contributed by atoms with van der Waals surface area (Å²) < 4.78 is 21.2. The third-order valence-corrected chi connectivity index (χ3v) is 4.98. The lowest BCUT2D eigenvalue weighted by atomic mass is 10.1. The number of hydrogen-bond donors (Lipinski definition) is 3. The van der Waals surface area contributed by atoms with Crippen molar-refractivity contribution >= 4 is 23.9 Å². The van der Waals surface area contributed by atoms with Gasteiger partial charge in [-0.2, -0.15) is 0 Å². The zero-order valence-corrected chi connectivity index (χ0v) is 21.3. The zero-order valence-electron chi connectivity index (χ0n) is 21.3. The smallest absolute Gasteiger partial charge is 0.407 e. The number of carbonyl (C=O) groups excluding carboxylic acids is 3. The van der Waals surface area contributed by atoms with Gasteiger partial charge < -0.3 is 39.6 Å². The standard InChI is InChI=1S/C23H41N3O9/c1-17-6-5-9-26(17)21(30)18(16-20(28)29)25-19(27)7-10-32-12-14-34-15-13-33-11-8-24-22(31)35-23(2,3)4/h17-18H,5-16H2,1-4H3,(H,24,31)(H,25,27)(H,28,29). The monoisotopic (exact) mass is 503 g/mol. The number of ether oxygens (including phenoxy) is 4. The molecule has 1 heterocycles. The van der Waals surface area contributed by atoms with Crippen LogP contribution < -0.4 is 10.6 Å². The van der Waals surface area contributed by atoms with Crippen LogP contribution in [0.25, 0.3) is 0 Å². The second kappa shape index (κ2) is 16.3. The van der Waals surface area contributed by atoms with Gasteiger partial charge in [0.2, 0.25) is 11.8 Å². The first-order valence-electron chi connectivity index (χ1n) is 12.0. The van der Waals surface area contributed by atoms with Gasteiger partial charge in [0.15, 0.2) is 0 Å². The van der Waals surface area contributed by atoms with Gasteiger partial charge in [0.05, 0.1) is 46.1 Å². The van der Waals surface area contributed by atoms with Crippen LogP contribution in [0.3, 0.4) is 0 Å². The fourth-order valence-electron chi connectivity index (χ4n) is 3.35. The Bertz CT molecular complexity index is 682. The molecule has 12 nitrogen and oxygen atoms in total. The van der Waals surface area contributed by atoms with Gasteiger partial charge in [-0.15, -0.1) is 0 Å². The van der Waals surface area contributed by atoms with E-state index in [-0.39, 0.29) is 31.6 Å². The summed E-state index contributed by atoms with van der Waals surface area (Å²) in [4.78, 5) is 49.0. The van der Waals surface area contributed by atoms with Crippen LogP contribution in [0.2, 0.25) is 0 Å². The number of likely N-dealkylation sites (tertiary alicyclic amines) is 1. The molecular formula is C23H41N3O9. The molecule has 0 aromatic heterocycles. The highest BCUT2D eigenvalue weighted by molar-refractivity contribution is 5.91. The van der Waals surface area contributed by atoms with E-state index in [0.717, 1.165) is 12.8 Å². The number of nitrogens with zero attached hydrogens (tertiary/aromatic N) is 1. The Kier molecular flexibility index (Phi) is 14.2. The molecule has 1 aliphatic heterocycles. The van der Waals surface area contributed by atoms with Crippen LogP contribution in [0, 0.1) is 0 Å². The molecule has 2 unspecified atom stereocenters. The average Bonchev–Trinajstić information content (AvgIpc) is 3.17. The van der Waals surface area contributed by atoms with Crippen molar-refractivity contribution in [2.45, 2.75) is 71.1 Å². The Balaban J connectivity index is 2.07. The van der Waals surface area contributed by atoms with E-state index in [0.29, 0.717) is 39.5 Å². The Morgan fingerprint density at radius 1 is 1.00 bits per heavy atom. The number of amides is 3. The summed E-state index contributed by atoms with van der Waals surface area (Å²) in [5.41, 5.74) is -0.543. The first kappa shape index (κ1) is 30.6. The van der Waals surface area contributed by atoms with Crippen LogP contribution in [0.5, 0.6) is 0 Å². The summed E-state index contributed by atoms with van der Waals surface area (Å²) in [5, 5.41) is 14.2. The number of carboxylic acid groups (broad SMARTS) is 1. The number of hydrogen-bond acceptors (Lipinski definition) is 8. The molecule has 1 rings (SSSR count). The number of aliphatic carboxylic acids is 1. The quantitative estimate of drug-likeness (QED) is 0.261. The van der Waals surface area contributed by atoms with Crippen molar-refractivity contribution in [1.82, 2.24) is 15.5 Å². The van der Waals surface area contributed by atoms with E-state index in [2.05, 4.69) is 10.6 Å². The SMILES string of the molecule is CC1CCCN1C(=O)C(CC(=O)O)NC(=O)CCOCCOCCOCCNC(=O)OC(C)(C)C. The molecule has 202 valence electrons. The molecule has 0 bridgehead atoms. The molecule has 0 aromatic carbocycles. The predicted octanol–water partition coefficient (Wildman–Crippen LogP) is 0.921. The molecule has 2 atom stereocenters. The second-order valence-electron chi connectivity index (χ2n) is 9.26. The van der Waals surface area contributed by atoms with E-state index < -0.39 is 36.0 Å². The maximum absolute atomic E-state index is 12.6. The van der Waals surface area contributed by atoms with Gasteiger partial charge in [-0.05, 0) is 40.5 Å². The molecular weight excluding hydrogens is 462 g/mol. The lowest BCUT2D eigenvalue weighted by molar-refractivity contribution is -0.144. The van der Waals surface area contributed by atoms with Crippen molar-refractivity contribution in [3.8, 4) is 0 Å². The average molecular weight is 504 g/mol. The molecule has 0 spiro atoms. The minimum atomic E-state index is -1.15. The summed E-state index contributed by atoms with van der Waals surface area (Å²) in [6, 6.07) is -1.04. The van der Waals surface area contributed by atoms with Crippen LogP contribution in [0.4, 0.5) is 4.79 Å². The number of rotatable bonds is 16. The van der Waals surface area contributed by atoms with E-state index in [1.165, 1.54) is 0 Å². The maximum atomic E-state index is 12.6. The molecule has 1 aliphatic rings. The van der Waals surface area contributed by atoms with Crippen molar-refractivity contribution in [3.63, 3.8) is 0 Å². The van der Waals surface area contributed by atoms with Crippen molar-refractivity contribution in [2.24, 2.45) is 0 Å². The van der Waals surface area contributed by atoms with Gasteiger partial charge in [-0.3, -0.25) is 14.4 Å². The summed E-state index contributed by atoms with van der Waals surface area (Å²) in [6.45, 7) is 9.92. The molecule has 0 aromatic rings. The van der Waals surface area contributed by atoms with E-state index in [4.69, 9.17) is 24.1 Å². The maximum Gasteiger partial charge on any atom is 0.407 e. The Morgan fingerprint density at radius 2 is 1.60 bits per heavy atom. The normalized spacial score (nSPS) is 16.6. The van der Waals surface area contributed by atoms with E-state index in [1.807, 2.05) is 6.92 Å². The minimum absolute atomic E-state index is 0.00666. The van der Waals surface area contributed by atoms with Crippen molar-refractivity contribution < 1.29 is 43.2 Å². The number of alkyl carbamates (subject to hydrolysis) is 1. The molecule has 3 amide bonds. The summed E-state index contributed by atoms with van der Waals surface area (Å²) in [7, 11) is 0. The number of carboxylic acids is 1. The highest BCUT2D eigenvalue weighted by atomic mass is 16.6. The van der Waals surface area contributed by atoms with E-state index in [1.54, 1.807) is 25.7 Å². The fourth-order valence-corrected chi connectivity index (χ4v) is 3.35. The highest BCUT2D eigenvalue weighted by Gasteiger charge is 2.32. The highest BCUT2D eigenvalue weighted by Crippen LogP contribution is 2.18. The number of carbonyl (C=O) groups is 4. The summed E-state index contributed by atoms with van der Waals surface area (Å²) in [5.74, 6) is -1.94. The third kappa shape index (κ3) is 14.5. The summed E-state index contributed by atoms with van der Waals surface area (Å²) in [6.07, 6.45) is 0.795. The van der Waals surface area contributed by atoms with Gasteiger partial charge in [0.25, 0.3) is 0 Å². The topological polar surface area (TPSA) is 153 Å². The van der Waals surface area contributed by atoms with Crippen LogP contribution in [-0.2, 0) is 33.3 Å². The van der Waals surface area contributed by atoms with Crippen molar-refractivity contribution in [3.05, 3.63) is 0 Å². The second-order valence-corrected chi connectivity index (χ2v) is 9.26. The molecule has 3 N–H and O–H groups in total. The Labute approximate surface area is 207 Å². The van der Waals surface area contributed by atoms with Gasteiger partial charge in [0.1, 0.15) is 11.6 Å². The first-order chi connectivity index (χ1) is 16.5. The van der Waals surface area contributed by atoms with Crippen LogP contribution in [0.1, 0.15) is 53.4 Å². The largest absolute Gasteiger partial charge is 0.481 e. The Hall–Kier alpha value is -2.44. The van der Waals surface area contributed by atoms with Crippen molar-refractivity contribution in [1.29, 1.82) is 0 Å². The Morgan fingerprint density at radius 3 is 2.14 bits per heavy atom. The van der Waals surface area contributed by atoms with Gasteiger partial charge in [-0.25, -0.2) is 4.79 Å². The molecule has 1 fully saturated rings. The summed E-state index contributed by atoms with van der Waals surface area (Å²) >= 11 is 0. The first-order valence-corrected chi connectivity index (χ1v) is 12.0. The van der Waals surface area contributed by atoms with E-state index >= 15 is 0 Å². The molecule has 0 saturated carbocycles. The number of nitrogens with one attached hydrogen (secondary N) is 2. The van der Waals surface area contributed by atoms with Gasteiger partial charge in [-0.1, -0.05) is 0 Å². The zero-order chi connectivity index (χ0) is 26.3. The van der Waals surface area contributed by atoms with Crippen LogP contribution in [-0.4, -0.2) is 104 Å². The fraction of sp³-hybridized carbons (Fsp3) is 0.826. The molecule has 12 heteroatoms. The van der Waals surface area contributed by atoms with Crippen LogP contribution >= 0.6 is 0 Å². The third-order valence-electron chi connectivity index (χ3n) is 4.98. The molecule has 0 radical (unpaired) electrons. The lowest BCUT2D eigenvalue weighted by Gasteiger charge is -2.26. The van der Waals surface area contributed by atoms with E-state index in [9.17, 15) is 19.2 Å². The minimum Gasteiger partial charge on any atom is -0.481 e.